The summed E-state index contributed by atoms with van der Waals surface area (Å²) in [5.74, 6) is 0. The SMILES string of the molecule is Cc1ccc(N(C)Cc2cccc(C#N)c2)cc1. The number of aryl methyl sites for hydroxylation is 1. The summed E-state index contributed by atoms with van der Waals surface area (Å²) >= 11 is 0. The zero-order chi connectivity index (χ0) is 13.0. The Balaban J connectivity index is 2.13. The largest absolute Gasteiger partial charge is 0.370 e. The Kier molecular flexibility index (Phi) is 3.64. The lowest BCUT2D eigenvalue weighted by Gasteiger charge is -2.19. The maximum Gasteiger partial charge on any atom is 0.0991 e. The maximum absolute atomic E-state index is 8.88. The van der Waals surface area contributed by atoms with Crippen LogP contribution in [0.1, 0.15) is 16.7 Å². The minimum absolute atomic E-state index is 0.713. The molecule has 2 rings (SSSR count). The van der Waals surface area contributed by atoms with Crippen LogP contribution in [0.25, 0.3) is 0 Å². The standard InChI is InChI=1S/C16H16N2/c1-13-6-8-16(9-7-13)18(2)12-15-5-3-4-14(10-15)11-17/h3-10H,12H2,1-2H3. The Bertz CT molecular complexity index is 564. The fourth-order valence-electron chi connectivity index (χ4n) is 1.90. The van der Waals surface area contributed by atoms with E-state index in [0.717, 1.165) is 12.1 Å². The minimum atomic E-state index is 0.713. The molecule has 0 fully saturated rings. The van der Waals surface area contributed by atoms with E-state index >= 15 is 0 Å². The molecule has 0 amide bonds. The summed E-state index contributed by atoms with van der Waals surface area (Å²) in [5.41, 5.74) is 4.31. The Hall–Kier alpha value is -2.27. The third-order valence-corrected chi connectivity index (χ3v) is 2.95. The Morgan fingerprint density at radius 1 is 1.11 bits per heavy atom. The van der Waals surface area contributed by atoms with Crippen molar-refractivity contribution in [1.29, 1.82) is 5.26 Å². The third kappa shape index (κ3) is 2.89. The summed E-state index contributed by atoms with van der Waals surface area (Å²) in [4.78, 5) is 2.18. The monoisotopic (exact) mass is 236 g/mol. The molecular weight excluding hydrogens is 220 g/mol. The van der Waals surface area contributed by atoms with E-state index in [4.69, 9.17) is 5.26 Å². The van der Waals surface area contributed by atoms with Crippen LogP contribution in [0.2, 0.25) is 0 Å². The number of nitriles is 1. The lowest BCUT2D eigenvalue weighted by atomic mass is 10.1. The van der Waals surface area contributed by atoms with Crippen molar-refractivity contribution >= 4 is 5.69 Å². The highest BCUT2D eigenvalue weighted by atomic mass is 15.1. The van der Waals surface area contributed by atoms with Gasteiger partial charge in [0.1, 0.15) is 0 Å². The van der Waals surface area contributed by atoms with Gasteiger partial charge in [-0.2, -0.15) is 5.26 Å². The normalized spacial score (nSPS) is 9.83. The van der Waals surface area contributed by atoms with Crippen LogP contribution in [0.4, 0.5) is 5.69 Å². The molecule has 90 valence electrons. The molecule has 0 atom stereocenters. The van der Waals surface area contributed by atoms with Crippen LogP contribution in [0.3, 0.4) is 0 Å². The van der Waals surface area contributed by atoms with E-state index in [9.17, 15) is 0 Å². The second kappa shape index (κ2) is 5.37. The van der Waals surface area contributed by atoms with Gasteiger partial charge in [0.05, 0.1) is 11.6 Å². The number of anilines is 1. The van der Waals surface area contributed by atoms with Crippen molar-refractivity contribution in [2.24, 2.45) is 0 Å². The van der Waals surface area contributed by atoms with Crippen LogP contribution < -0.4 is 4.90 Å². The van der Waals surface area contributed by atoms with Gasteiger partial charge in [-0.25, -0.2) is 0 Å². The van der Waals surface area contributed by atoms with Crippen LogP contribution in [-0.2, 0) is 6.54 Å². The van der Waals surface area contributed by atoms with Crippen molar-refractivity contribution < 1.29 is 0 Å². The summed E-state index contributed by atoms with van der Waals surface area (Å²) in [5, 5.41) is 8.88. The fraction of sp³-hybridized carbons (Fsp3) is 0.188. The van der Waals surface area contributed by atoms with Gasteiger partial charge in [0.2, 0.25) is 0 Å². The van der Waals surface area contributed by atoms with E-state index in [1.807, 2.05) is 24.3 Å². The summed E-state index contributed by atoms with van der Waals surface area (Å²) in [6.45, 7) is 2.89. The van der Waals surface area contributed by atoms with Crippen LogP contribution in [0, 0.1) is 18.3 Å². The molecule has 0 spiro atoms. The molecule has 0 heterocycles. The lowest BCUT2D eigenvalue weighted by Crippen LogP contribution is -2.16. The number of hydrogen-bond donors (Lipinski definition) is 0. The molecule has 0 aromatic heterocycles. The molecule has 0 aliphatic rings. The smallest absolute Gasteiger partial charge is 0.0991 e. The molecule has 0 saturated carbocycles. The molecule has 2 heteroatoms. The molecular formula is C16H16N2. The molecule has 0 aliphatic heterocycles. The fourth-order valence-corrected chi connectivity index (χ4v) is 1.90. The van der Waals surface area contributed by atoms with Crippen LogP contribution >= 0.6 is 0 Å². The molecule has 2 nitrogen and oxygen atoms in total. The number of rotatable bonds is 3. The van der Waals surface area contributed by atoms with Crippen molar-refractivity contribution in [3.8, 4) is 6.07 Å². The second-order valence-corrected chi connectivity index (χ2v) is 4.50. The van der Waals surface area contributed by atoms with Gasteiger partial charge in [-0.15, -0.1) is 0 Å². The average Bonchev–Trinajstić information content (AvgIpc) is 2.39. The molecule has 0 saturated heterocycles. The summed E-state index contributed by atoms with van der Waals surface area (Å²) in [6, 6.07) is 18.4. The third-order valence-electron chi connectivity index (χ3n) is 2.95. The van der Waals surface area contributed by atoms with Crippen molar-refractivity contribution in [1.82, 2.24) is 0 Å². The molecule has 18 heavy (non-hydrogen) atoms. The number of nitrogens with zero attached hydrogens (tertiary/aromatic N) is 2. The summed E-state index contributed by atoms with van der Waals surface area (Å²) in [7, 11) is 2.06. The highest BCUT2D eigenvalue weighted by molar-refractivity contribution is 5.47. The van der Waals surface area contributed by atoms with Gasteiger partial charge >= 0.3 is 0 Å². The summed E-state index contributed by atoms with van der Waals surface area (Å²) in [6.07, 6.45) is 0. The Morgan fingerprint density at radius 3 is 2.50 bits per heavy atom. The number of benzene rings is 2. The lowest BCUT2D eigenvalue weighted by molar-refractivity contribution is 0.922. The molecule has 0 aliphatic carbocycles. The van der Waals surface area contributed by atoms with Crippen molar-refractivity contribution in [3.63, 3.8) is 0 Å². The Labute approximate surface area is 108 Å². The quantitative estimate of drug-likeness (QED) is 0.815. The Morgan fingerprint density at radius 2 is 1.83 bits per heavy atom. The average molecular weight is 236 g/mol. The van der Waals surface area contributed by atoms with Gasteiger partial charge in [-0.1, -0.05) is 29.8 Å². The molecule has 0 radical (unpaired) electrons. The zero-order valence-electron chi connectivity index (χ0n) is 10.7. The molecule has 2 aromatic carbocycles. The minimum Gasteiger partial charge on any atom is -0.370 e. The van der Waals surface area contributed by atoms with Crippen LogP contribution in [0.5, 0.6) is 0 Å². The second-order valence-electron chi connectivity index (χ2n) is 4.50. The first kappa shape index (κ1) is 12.2. The number of hydrogen-bond acceptors (Lipinski definition) is 2. The van der Waals surface area contributed by atoms with Crippen LogP contribution in [0.15, 0.2) is 48.5 Å². The highest BCUT2D eigenvalue weighted by Crippen LogP contribution is 2.16. The van der Waals surface area contributed by atoms with Gasteiger partial charge in [-0.3, -0.25) is 0 Å². The summed E-state index contributed by atoms with van der Waals surface area (Å²) < 4.78 is 0. The van der Waals surface area contributed by atoms with E-state index in [-0.39, 0.29) is 0 Å². The zero-order valence-corrected chi connectivity index (χ0v) is 10.7. The predicted octanol–water partition coefficient (Wildman–Crippen LogP) is 3.50. The van der Waals surface area contributed by atoms with Gasteiger partial charge in [0, 0.05) is 19.3 Å². The molecule has 0 unspecified atom stereocenters. The topological polar surface area (TPSA) is 27.0 Å². The van der Waals surface area contributed by atoms with Crippen molar-refractivity contribution in [2.45, 2.75) is 13.5 Å². The highest BCUT2D eigenvalue weighted by Gasteiger charge is 2.02. The molecule has 0 N–H and O–H groups in total. The molecule has 0 bridgehead atoms. The first-order valence-corrected chi connectivity index (χ1v) is 5.96. The van der Waals surface area contributed by atoms with Gasteiger partial charge in [-0.05, 0) is 36.8 Å². The predicted molar refractivity (Wildman–Crippen MR) is 74.4 cm³/mol. The van der Waals surface area contributed by atoms with E-state index in [1.165, 1.54) is 11.3 Å². The van der Waals surface area contributed by atoms with Crippen molar-refractivity contribution in [2.75, 3.05) is 11.9 Å². The van der Waals surface area contributed by atoms with Crippen LogP contribution in [-0.4, -0.2) is 7.05 Å². The van der Waals surface area contributed by atoms with Gasteiger partial charge < -0.3 is 4.90 Å². The van der Waals surface area contributed by atoms with E-state index in [2.05, 4.69) is 49.2 Å². The maximum atomic E-state index is 8.88. The first-order valence-electron chi connectivity index (χ1n) is 5.96. The van der Waals surface area contributed by atoms with Gasteiger partial charge in [0.25, 0.3) is 0 Å². The first-order chi connectivity index (χ1) is 8.69. The van der Waals surface area contributed by atoms with E-state index < -0.39 is 0 Å². The molecule has 2 aromatic rings. The van der Waals surface area contributed by atoms with E-state index in [1.54, 1.807) is 0 Å². The van der Waals surface area contributed by atoms with Crippen molar-refractivity contribution in [3.05, 3.63) is 65.2 Å². The van der Waals surface area contributed by atoms with E-state index in [0.29, 0.717) is 5.56 Å². The van der Waals surface area contributed by atoms with Gasteiger partial charge in [0.15, 0.2) is 0 Å².